The molecular weight excluding hydrogens is 369 g/mol. The molecule has 140 valence electrons. The Hall–Kier alpha value is -2.68. The summed E-state index contributed by atoms with van der Waals surface area (Å²) in [5, 5.41) is 6.21. The molecule has 26 heavy (non-hydrogen) atoms. The Morgan fingerprint density at radius 3 is 2.23 bits per heavy atom. The molecule has 0 radical (unpaired) electrons. The van der Waals surface area contributed by atoms with E-state index in [1.807, 2.05) is 12.1 Å². The average Bonchev–Trinajstić information content (AvgIpc) is 2.60. The van der Waals surface area contributed by atoms with Gasteiger partial charge in [0, 0.05) is 12.2 Å². The summed E-state index contributed by atoms with van der Waals surface area (Å²) in [7, 11) is 3.10. The molecule has 0 aliphatic carbocycles. The van der Waals surface area contributed by atoms with E-state index in [2.05, 4.69) is 15.4 Å². The Morgan fingerprint density at radius 1 is 1.00 bits per heavy atom. The Kier molecular flexibility index (Phi) is 6.51. The van der Waals surface area contributed by atoms with Crippen LogP contribution >= 0.6 is 12.2 Å². The second-order valence-electron chi connectivity index (χ2n) is 5.07. The van der Waals surface area contributed by atoms with Crippen molar-refractivity contribution in [2.45, 2.75) is 12.9 Å². The number of anilines is 1. The highest BCUT2D eigenvalue weighted by Crippen LogP contribution is 2.27. The summed E-state index contributed by atoms with van der Waals surface area (Å²) < 4.78 is 50.6. The number of benzene rings is 2. The van der Waals surface area contributed by atoms with Gasteiger partial charge in [-0.3, -0.25) is 0 Å². The molecule has 9 heteroatoms. The summed E-state index contributed by atoms with van der Waals surface area (Å²) in [6, 6.07) is 10.7. The van der Waals surface area contributed by atoms with Crippen LogP contribution in [0.5, 0.6) is 17.2 Å². The van der Waals surface area contributed by atoms with Gasteiger partial charge in [-0.2, -0.15) is 0 Å². The zero-order valence-corrected chi connectivity index (χ0v) is 14.8. The number of ether oxygens (including phenoxy) is 3. The van der Waals surface area contributed by atoms with Crippen molar-refractivity contribution < 1.29 is 27.4 Å². The van der Waals surface area contributed by atoms with Crippen molar-refractivity contribution >= 4 is 23.0 Å². The molecule has 0 heterocycles. The molecule has 5 nitrogen and oxygen atoms in total. The van der Waals surface area contributed by atoms with Crippen LogP contribution in [-0.4, -0.2) is 25.7 Å². The average molecular weight is 386 g/mol. The molecule has 2 N–H and O–H groups in total. The maximum absolute atomic E-state index is 12.1. The summed E-state index contributed by atoms with van der Waals surface area (Å²) in [6.45, 7) is 0.432. The van der Waals surface area contributed by atoms with Gasteiger partial charge in [-0.05, 0) is 54.2 Å². The van der Waals surface area contributed by atoms with Gasteiger partial charge in [-0.25, -0.2) is 0 Å². The third-order valence-electron chi connectivity index (χ3n) is 3.25. The standard InChI is InChI=1S/C17H17F3N2O3S/c1-23-14-8-3-11(9-15(14)24-2)10-21-16(26)22-12-4-6-13(7-5-12)25-17(18,19)20/h3-9H,10H2,1-2H3,(H2,21,22,26). The molecule has 0 aromatic heterocycles. The third kappa shape index (κ3) is 5.99. The molecule has 0 bridgehead atoms. The number of hydrogen-bond acceptors (Lipinski definition) is 4. The van der Waals surface area contributed by atoms with Crippen LogP contribution in [-0.2, 0) is 6.54 Å². The fraction of sp³-hybridized carbons (Fsp3) is 0.235. The highest BCUT2D eigenvalue weighted by molar-refractivity contribution is 7.80. The van der Waals surface area contributed by atoms with Gasteiger partial charge in [0.2, 0.25) is 0 Å². The van der Waals surface area contributed by atoms with Gasteiger partial charge in [-0.1, -0.05) is 6.07 Å². The van der Waals surface area contributed by atoms with Crippen LogP contribution in [0.2, 0.25) is 0 Å². The summed E-state index contributed by atoms with van der Waals surface area (Å²) in [5.74, 6) is 0.927. The second kappa shape index (κ2) is 8.61. The van der Waals surface area contributed by atoms with Crippen molar-refractivity contribution in [3.05, 3.63) is 48.0 Å². The Bertz CT molecular complexity index is 752. The lowest BCUT2D eigenvalue weighted by molar-refractivity contribution is -0.274. The van der Waals surface area contributed by atoms with Crippen LogP contribution in [0.1, 0.15) is 5.56 Å². The maximum Gasteiger partial charge on any atom is 0.573 e. The maximum atomic E-state index is 12.1. The first-order valence-corrected chi connectivity index (χ1v) is 7.83. The highest BCUT2D eigenvalue weighted by atomic mass is 32.1. The monoisotopic (exact) mass is 386 g/mol. The number of halogens is 3. The third-order valence-corrected chi connectivity index (χ3v) is 3.49. The molecule has 0 saturated carbocycles. The summed E-state index contributed by atoms with van der Waals surface area (Å²) in [4.78, 5) is 0. The first kappa shape index (κ1) is 19.6. The van der Waals surface area contributed by atoms with E-state index in [4.69, 9.17) is 21.7 Å². The lowest BCUT2D eigenvalue weighted by Crippen LogP contribution is -2.27. The number of nitrogens with one attached hydrogen (secondary N) is 2. The lowest BCUT2D eigenvalue weighted by atomic mass is 10.2. The summed E-state index contributed by atoms with van der Waals surface area (Å²) in [6.07, 6.45) is -4.72. The molecule has 0 spiro atoms. The van der Waals surface area contributed by atoms with Gasteiger partial charge in [0.25, 0.3) is 0 Å². The van der Waals surface area contributed by atoms with Crippen LogP contribution in [0.25, 0.3) is 0 Å². The van der Waals surface area contributed by atoms with E-state index in [9.17, 15) is 13.2 Å². The molecule has 0 aliphatic heterocycles. The Morgan fingerprint density at radius 2 is 1.65 bits per heavy atom. The fourth-order valence-corrected chi connectivity index (χ4v) is 2.28. The Labute approximate surface area is 154 Å². The van der Waals surface area contributed by atoms with Crippen molar-refractivity contribution in [3.63, 3.8) is 0 Å². The minimum atomic E-state index is -4.72. The van der Waals surface area contributed by atoms with Crippen LogP contribution in [0.3, 0.4) is 0 Å². The Balaban J connectivity index is 1.89. The van der Waals surface area contributed by atoms with Gasteiger partial charge < -0.3 is 24.8 Å². The fourth-order valence-electron chi connectivity index (χ4n) is 2.09. The number of alkyl halides is 3. The van der Waals surface area contributed by atoms with Crippen molar-refractivity contribution in [1.29, 1.82) is 0 Å². The molecular formula is C17H17F3N2O3S. The van der Waals surface area contributed by atoms with Gasteiger partial charge in [0.1, 0.15) is 5.75 Å². The van der Waals surface area contributed by atoms with E-state index < -0.39 is 6.36 Å². The van der Waals surface area contributed by atoms with E-state index in [1.54, 1.807) is 20.3 Å². The summed E-state index contributed by atoms with van der Waals surface area (Å²) in [5.41, 5.74) is 1.45. The lowest BCUT2D eigenvalue weighted by Gasteiger charge is -2.13. The van der Waals surface area contributed by atoms with E-state index in [0.717, 1.165) is 5.56 Å². The van der Waals surface area contributed by atoms with Gasteiger partial charge >= 0.3 is 6.36 Å². The molecule has 0 atom stereocenters. The number of rotatable bonds is 6. The first-order valence-electron chi connectivity index (χ1n) is 7.42. The zero-order chi connectivity index (χ0) is 19.2. The minimum absolute atomic E-state index is 0.299. The van der Waals surface area contributed by atoms with Crippen molar-refractivity contribution in [2.75, 3.05) is 19.5 Å². The zero-order valence-electron chi connectivity index (χ0n) is 14.0. The summed E-state index contributed by atoms with van der Waals surface area (Å²) >= 11 is 5.18. The second-order valence-corrected chi connectivity index (χ2v) is 5.48. The predicted octanol–water partition coefficient (Wildman–Crippen LogP) is 4.09. The van der Waals surface area contributed by atoms with Gasteiger partial charge in [-0.15, -0.1) is 13.2 Å². The normalized spacial score (nSPS) is 10.8. The highest BCUT2D eigenvalue weighted by Gasteiger charge is 2.30. The topological polar surface area (TPSA) is 51.8 Å². The largest absolute Gasteiger partial charge is 0.573 e. The molecule has 0 amide bonds. The van der Waals surface area contributed by atoms with Crippen LogP contribution in [0.15, 0.2) is 42.5 Å². The quantitative estimate of drug-likeness (QED) is 0.730. The molecule has 0 fully saturated rings. The minimum Gasteiger partial charge on any atom is -0.493 e. The predicted molar refractivity (Wildman–Crippen MR) is 95.7 cm³/mol. The SMILES string of the molecule is COc1ccc(CNC(=S)Nc2ccc(OC(F)(F)F)cc2)cc1OC. The molecule has 0 aliphatic rings. The molecule has 2 aromatic carbocycles. The first-order chi connectivity index (χ1) is 12.3. The van der Waals surface area contributed by atoms with Crippen molar-refractivity contribution in [3.8, 4) is 17.2 Å². The van der Waals surface area contributed by atoms with Gasteiger partial charge in [0.05, 0.1) is 14.2 Å². The van der Waals surface area contributed by atoms with E-state index in [1.165, 1.54) is 24.3 Å². The number of methoxy groups -OCH3 is 2. The van der Waals surface area contributed by atoms with E-state index in [-0.39, 0.29) is 5.75 Å². The van der Waals surface area contributed by atoms with Crippen molar-refractivity contribution in [1.82, 2.24) is 5.32 Å². The molecule has 2 rings (SSSR count). The molecule has 0 saturated heterocycles. The number of thiocarbonyl (C=S) groups is 1. The van der Waals surface area contributed by atoms with Crippen LogP contribution in [0.4, 0.5) is 18.9 Å². The number of hydrogen-bond donors (Lipinski definition) is 2. The molecule has 0 unspecified atom stereocenters. The van der Waals surface area contributed by atoms with Gasteiger partial charge in [0.15, 0.2) is 16.6 Å². The molecule has 2 aromatic rings. The van der Waals surface area contributed by atoms with Crippen LogP contribution < -0.4 is 24.8 Å². The van der Waals surface area contributed by atoms with E-state index in [0.29, 0.717) is 28.8 Å². The smallest absolute Gasteiger partial charge is 0.493 e. The van der Waals surface area contributed by atoms with E-state index >= 15 is 0 Å². The van der Waals surface area contributed by atoms with Crippen LogP contribution in [0, 0.1) is 0 Å². The van der Waals surface area contributed by atoms with Crippen molar-refractivity contribution in [2.24, 2.45) is 0 Å².